The predicted molar refractivity (Wildman–Crippen MR) is 134 cm³/mol. The lowest BCUT2D eigenvalue weighted by atomic mass is 10.1. The van der Waals surface area contributed by atoms with Gasteiger partial charge in [0.1, 0.15) is 23.5 Å². The second kappa shape index (κ2) is 8.78. The van der Waals surface area contributed by atoms with E-state index in [0.29, 0.717) is 44.8 Å². The highest BCUT2D eigenvalue weighted by molar-refractivity contribution is 9.08. The molecule has 0 bridgehead atoms. The molecular formula is C24H21BrCl2N4O2. The Morgan fingerprint density at radius 1 is 1.12 bits per heavy atom. The van der Waals surface area contributed by atoms with Gasteiger partial charge >= 0.3 is 0 Å². The van der Waals surface area contributed by atoms with Gasteiger partial charge in [0.2, 0.25) is 5.88 Å². The van der Waals surface area contributed by atoms with Crippen molar-refractivity contribution < 1.29 is 9.47 Å². The molecule has 6 nitrogen and oxygen atoms in total. The van der Waals surface area contributed by atoms with Crippen molar-refractivity contribution in [2.75, 3.05) is 7.11 Å². The number of benzene rings is 2. The number of imidazole rings is 1. The summed E-state index contributed by atoms with van der Waals surface area (Å²) in [6, 6.07) is 11.4. The van der Waals surface area contributed by atoms with Crippen LogP contribution in [0.3, 0.4) is 0 Å². The fraction of sp³-hybridized carbons (Fsp3) is 0.292. The van der Waals surface area contributed by atoms with Crippen LogP contribution in [0.5, 0.6) is 11.6 Å². The van der Waals surface area contributed by atoms with Crippen LogP contribution in [0.1, 0.15) is 30.9 Å². The maximum Gasteiger partial charge on any atom is 0.245 e. The highest BCUT2D eigenvalue weighted by atomic mass is 79.9. The second-order valence-electron chi connectivity index (χ2n) is 8.29. The van der Waals surface area contributed by atoms with Gasteiger partial charge in [-0.2, -0.15) is 4.98 Å². The average molecular weight is 548 g/mol. The van der Waals surface area contributed by atoms with E-state index in [1.165, 1.54) is 6.33 Å². The van der Waals surface area contributed by atoms with Gasteiger partial charge in [-0.25, -0.2) is 9.97 Å². The molecule has 4 aromatic rings. The highest BCUT2D eigenvalue weighted by Gasteiger charge is 2.41. The van der Waals surface area contributed by atoms with E-state index >= 15 is 0 Å². The smallest absolute Gasteiger partial charge is 0.245 e. The fourth-order valence-electron chi connectivity index (χ4n) is 3.75. The van der Waals surface area contributed by atoms with E-state index < -0.39 is 0 Å². The van der Waals surface area contributed by atoms with Crippen LogP contribution in [0.15, 0.2) is 42.7 Å². The first kappa shape index (κ1) is 22.4. The molecule has 1 saturated carbocycles. The number of rotatable bonds is 7. The van der Waals surface area contributed by atoms with Gasteiger partial charge < -0.3 is 14.0 Å². The SMILES string of the molecule is COc1ccc(Cl)cc1Cn1c(-c2cccc(CBr)c2Cl)nc2c(OC3(C)CC3)ncnc21. The molecule has 2 aromatic carbocycles. The molecule has 0 spiro atoms. The Balaban J connectivity index is 1.73. The minimum absolute atomic E-state index is 0.199. The molecule has 0 atom stereocenters. The molecule has 0 radical (unpaired) electrons. The summed E-state index contributed by atoms with van der Waals surface area (Å²) < 4.78 is 13.8. The molecule has 0 N–H and O–H groups in total. The van der Waals surface area contributed by atoms with E-state index in [9.17, 15) is 0 Å². The van der Waals surface area contributed by atoms with E-state index in [4.69, 9.17) is 37.7 Å². The topological polar surface area (TPSA) is 62.1 Å². The maximum atomic E-state index is 6.79. The number of halogens is 3. The zero-order valence-electron chi connectivity index (χ0n) is 18.1. The third-order valence-corrected chi connectivity index (χ3v) is 7.12. The maximum absolute atomic E-state index is 6.79. The van der Waals surface area contributed by atoms with Crippen molar-refractivity contribution in [1.29, 1.82) is 0 Å². The van der Waals surface area contributed by atoms with Crippen LogP contribution in [-0.4, -0.2) is 32.2 Å². The lowest BCUT2D eigenvalue weighted by Gasteiger charge is -2.14. The molecule has 33 heavy (non-hydrogen) atoms. The Labute approximate surface area is 210 Å². The van der Waals surface area contributed by atoms with Gasteiger partial charge in [0.05, 0.1) is 18.7 Å². The first-order chi connectivity index (χ1) is 15.9. The van der Waals surface area contributed by atoms with Crippen molar-refractivity contribution in [3.8, 4) is 23.0 Å². The van der Waals surface area contributed by atoms with Crippen molar-refractivity contribution in [3.63, 3.8) is 0 Å². The summed E-state index contributed by atoms with van der Waals surface area (Å²) in [5.74, 6) is 1.88. The number of alkyl halides is 1. The van der Waals surface area contributed by atoms with E-state index in [-0.39, 0.29) is 5.60 Å². The first-order valence-corrected chi connectivity index (χ1v) is 12.4. The van der Waals surface area contributed by atoms with E-state index in [2.05, 4.69) is 32.8 Å². The van der Waals surface area contributed by atoms with Crippen molar-refractivity contribution in [2.45, 2.75) is 37.2 Å². The first-order valence-electron chi connectivity index (χ1n) is 10.5. The van der Waals surface area contributed by atoms with Crippen LogP contribution in [0.2, 0.25) is 10.0 Å². The summed E-state index contributed by atoms with van der Waals surface area (Å²) in [4.78, 5) is 13.9. The van der Waals surface area contributed by atoms with Gasteiger partial charge in [-0.3, -0.25) is 0 Å². The van der Waals surface area contributed by atoms with Crippen LogP contribution in [0, 0.1) is 0 Å². The molecule has 1 fully saturated rings. The van der Waals surface area contributed by atoms with Gasteiger partial charge in [-0.15, -0.1) is 0 Å². The quantitative estimate of drug-likeness (QED) is 0.241. The Morgan fingerprint density at radius 3 is 2.67 bits per heavy atom. The summed E-state index contributed by atoms with van der Waals surface area (Å²) >= 11 is 16.6. The number of methoxy groups -OCH3 is 1. The zero-order chi connectivity index (χ0) is 23.2. The van der Waals surface area contributed by atoms with Gasteiger partial charge in [0, 0.05) is 21.5 Å². The minimum Gasteiger partial charge on any atom is -0.496 e. The van der Waals surface area contributed by atoms with Gasteiger partial charge in [0.15, 0.2) is 11.2 Å². The average Bonchev–Trinajstić information content (AvgIpc) is 3.42. The Hall–Kier alpha value is -2.35. The van der Waals surface area contributed by atoms with E-state index in [0.717, 1.165) is 35.3 Å². The summed E-state index contributed by atoms with van der Waals surface area (Å²) in [6.07, 6.45) is 3.49. The highest BCUT2D eigenvalue weighted by Crippen LogP contribution is 2.41. The van der Waals surface area contributed by atoms with Gasteiger partial charge in [-0.05, 0) is 49.6 Å². The van der Waals surface area contributed by atoms with Crippen molar-refractivity contribution in [2.24, 2.45) is 0 Å². The van der Waals surface area contributed by atoms with Crippen molar-refractivity contribution >= 4 is 50.3 Å². The summed E-state index contributed by atoms with van der Waals surface area (Å²) in [7, 11) is 1.64. The number of hydrogen-bond donors (Lipinski definition) is 0. The summed E-state index contributed by atoms with van der Waals surface area (Å²) in [6.45, 7) is 2.50. The zero-order valence-corrected chi connectivity index (χ0v) is 21.2. The molecule has 0 aliphatic heterocycles. The van der Waals surface area contributed by atoms with E-state index in [1.54, 1.807) is 13.2 Å². The molecule has 5 rings (SSSR count). The largest absolute Gasteiger partial charge is 0.496 e. The number of nitrogens with zero attached hydrogens (tertiary/aromatic N) is 4. The van der Waals surface area contributed by atoms with Crippen LogP contribution in [-0.2, 0) is 11.9 Å². The van der Waals surface area contributed by atoms with Crippen LogP contribution < -0.4 is 9.47 Å². The standard InChI is InChI=1S/C24H21BrCl2N4O2/c1-24(8-9-24)33-23-20-22(28-13-29-23)31(12-15-10-16(26)6-7-18(15)32-2)21(30-20)17-5-3-4-14(11-25)19(17)27/h3-7,10,13H,8-9,11-12H2,1-2H3. The number of ether oxygens (including phenoxy) is 2. The number of aromatic nitrogens is 4. The summed E-state index contributed by atoms with van der Waals surface area (Å²) in [5.41, 5.74) is 3.73. The van der Waals surface area contributed by atoms with Crippen molar-refractivity contribution in [3.05, 3.63) is 63.9 Å². The van der Waals surface area contributed by atoms with Crippen LogP contribution in [0.25, 0.3) is 22.6 Å². The molecule has 2 aromatic heterocycles. The third-order valence-electron chi connectivity index (χ3n) is 5.83. The van der Waals surface area contributed by atoms with E-state index in [1.807, 2.05) is 34.9 Å². The molecule has 0 amide bonds. The molecule has 1 aliphatic carbocycles. The second-order valence-corrected chi connectivity index (χ2v) is 9.67. The Kier molecular flexibility index (Phi) is 5.97. The van der Waals surface area contributed by atoms with Crippen LogP contribution in [0.4, 0.5) is 0 Å². The molecule has 1 aliphatic rings. The summed E-state index contributed by atoms with van der Waals surface area (Å²) in [5, 5.41) is 1.89. The molecule has 9 heteroatoms. The Morgan fingerprint density at radius 2 is 1.94 bits per heavy atom. The molecule has 2 heterocycles. The molecule has 0 unspecified atom stereocenters. The molecule has 0 saturated heterocycles. The lowest BCUT2D eigenvalue weighted by Crippen LogP contribution is -2.13. The Bertz CT molecular complexity index is 1350. The molecular weight excluding hydrogens is 527 g/mol. The lowest BCUT2D eigenvalue weighted by molar-refractivity contribution is 0.194. The monoisotopic (exact) mass is 546 g/mol. The van der Waals surface area contributed by atoms with Gasteiger partial charge in [0.25, 0.3) is 0 Å². The number of hydrogen-bond acceptors (Lipinski definition) is 5. The van der Waals surface area contributed by atoms with Crippen molar-refractivity contribution in [1.82, 2.24) is 19.5 Å². The fourth-order valence-corrected chi connectivity index (χ4v) is 4.85. The predicted octanol–water partition coefficient (Wildman–Crippen LogP) is 6.68. The third kappa shape index (κ3) is 4.29. The minimum atomic E-state index is -0.199. The number of fused-ring (bicyclic) bond motifs is 1. The normalized spacial score (nSPS) is 14.5. The van der Waals surface area contributed by atoms with Gasteiger partial charge in [-0.1, -0.05) is 51.3 Å². The molecule has 170 valence electrons. The van der Waals surface area contributed by atoms with Crippen LogP contribution >= 0.6 is 39.1 Å².